The Kier molecular flexibility index (Phi) is 5.82. The van der Waals surface area contributed by atoms with Crippen LogP contribution in [0.15, 0.2) is 0 Å². The first-order valence-corrected chi connectivity index (χ1v) is 8.15. The summed E-state index contributed by atoms with van der Waals surface area (Å²) in [6, 6.07) is 0. The molecule has 0 N–H and O–H groups in total. The van der Waals surface area contributed by atoms with Crippen molar-refractivity contribution < 1.29 is 31.5 Å². The van der Waals surface area contributed by atoms with Crippen LogP contribution < -0.4 is 10.4 Å². The number of ether oxygens (including phenoxy) is 1. The van der Waals surface area contributed by atoms with E-state index in [2.05, 4.69) is 4.98 Å². The lowest BCUT2D eigenvalue weighted by Gasteiger charge is -2.27. The van der Waals surface area contributed by atoms with Gasteiger partial charge in [-0.15, -0.1) is 0 Å². The van der Waals surface area contributed by atoms with Crippen molar-refractivity contribution in [1.82, 2.24) is 4.98 Å². The summed E-state index contributed by atoms with van der Waals surface area (Å²) < 4.78 is 71.9. The molecule has 0 saturated carbocycles. The Bertz CT molecular complexity index is 694. The second-order valence-electron chi connectivity index (χ2n) is 6.11. The number of pyridine rings is 1. The molecule has 0 atom stereocenters. The van der Waals surface area contributed by atoms with Gasteiger partial charge in [0.1, 0.15) is 24.9 Å². The molecule has 0 aliphatic carbocycles. The van der Waals surface area contributed by atoms with Gasteiger partial charge in [0.2, 0.25) is 5.92 Å². The number of nitrogens with zero attached hydrogens (tertiary/aromatic N) is 2. The Hall–Kier alpha value is -1.87. The van der Waals surface area contributed by atoms with Crippen LogP contribution in [0.3, 0.4) is 0 Å². The van der Waals surface area contributed by atoms with Gasteiger partial charge in [-0.05, 0) is 25.8 Å². The normalized spacial score (nSPS) is 17.7. The van der Waals surface area contributed by atoms with Gasteiger partial charge in [0.05, 0.1) is 6.61 Å². The second-order valence-corrected chi connectivity index (χ2v) is 6.11. The highest BCUT2D eigenvalue weighted by molar-refractivity contribution is 6.35. The van der Waals surface area contributed by atoms with Gasteiger partial charge in [0.25, 0.3) is 0 Å². The number of rotatable bonds is 3. The summed E-state index contributed by atoms with van der Waals surface area (Å²) in [6.45, 7) is 2.62. The molecular weight excluding hydrogens is 358 g/mol. The molecule has 1 aromatic rings. The molecule has 0 amide bonds. The van der Waals surface area contributed by atoms with E-state index in [1.807, 2.05) is 0 Å². The summed E-state index contributed by atoms with van der Waals surface area (Å²) in [5.74, 6) is -4.11. The topological polar surface area (TPSA) is 42.4 Å². The van der Waals surface area contributed by atoms with Gasteiger partial charge < -0.3 is 9.64 Å². The van der Waals surface area contributed by atoms with Crippen molar-refractivity contribution in [2.24, 2.45) is 0 Å². The highest BCUT2D eigenvalue weighted by atomic mass is 19.4. The molecule has 0 bridgehead atoms. The maximum Gasteiger partial charge on any atom is 0.432 e. The summed E-state index contributed by atoms with van der Waals surface area (Å²) in [7, 11) is 5.55. The number of hydrogen-bond donors (Lipinski definition) is 0. The molecule has 1 aliphatic heterocycles. The van der Waals surface area contributed by atoms with E-state index in [4.69, 9.17) is 12.6 Å². The number of halogens is 5. The molecule has 0 spiro atoms. The quantitative estimate of drug-likeness (QED) is 0.462. The molecule has 2 heterocycles. The van der Waals surface area contributed by atoms with Crippen LogP contribution in [0.5, 0.6) is 0 Å². The van der Waals surface area contributed by atoms with E-state index in [1.54, 1.807) is 6.92 Å². The molecule has 4 nitrogen and oxygen atoms in total. The van der Waals surface area contributed by atoms with Crippen LogP contribution in [0.1, 0.15) is 47.8 Å². The highest BCUT2D eigenvalue weighted by Gasteiger charge is 2.39. The Morgan fingerprint density at radius 1 is 1.31 bits per heavy atom. The fourth-order valence-electron chi connectivity index (χ4n) is 2.87. The molecule has 2 radical (unpaired) electrons. The summed E-state index contributed by atoms with van der Waals surface area (Å²) in [5.41, 5.74) is -2.36. The Labute approximate surface area is 149 Å². The van der Waals surface area contributed by atoms with Crippen LogP contribution >= 0.6 is 0 Å². The van der Waals surface area contributed by atoms with Crippen LogP contribution in [0.25, 0.3) is 0 Å². The number of alkyl halides is 5. The van der Waals surface area contributed by atoms with Gasteiger partial charge >= 0.3 is 12.1 Å². The third kappa shape index (κ3) is 4.27. The highest BCUT2D eigenvalue weighted by Crippen LogP contribution is 2.34. The van der Waals surface area contributed by atoms with Crippen LogP contribution in [0.4, 0.5) is 27.8 Å². The van der Waals surface area contributed by atoms with Gasteiger partial charge in [-0.1, -0.05) is 5.46 Å². The molecule has 142 valence electrons. The molecular formula is C16H18BF5N2O2. The maximum absolute atomic E-state index is 13.6. The zero-order valence-electron chi connectivity index (χ0n) is 14.4. The Morgan fingerprint density at radius 2 is 1.96 bits per heavy atom. The number of anilines is 1. The smallest absolute Gasteiger partial charge is 0.432 e. The minimum atomic E-state index is -4.84. The predicted octanol–water partition coefficient (Wildman–Crippen LogP) is 3.00. The van der Waals surface area contributed by atoms with E-state index in [0.717, 1.165) is 0 Å². The fourth-order valence-corrected chi connectivity index (χ4v) is 2.87. The minimum Gasteiger partial charge on any atom is -0.462 e. The summed E-state index contributed by atoms with van der Waals surface area (Å²) >= 11 is 0. The number of carbonyl (C=O) groups is 1. The molecule has 0 unspecified atom stereocenters. The first-order chi connectivity index (χ1) is 12.0. The van der Waals surface area contributed by atoms with Crippen LogP contribution in [0.2, 0.25) is 0 Å². The monoisotopic (exact) mass is 376 g/mol. The van der Waals surface area contributed by atoms with Crippen molar-refractivity contribution in [3.63, 3.8) is 0 Å². The third-order valence-corrected chi connectivity index (χ3v) is 4.24. The first-order valence-electron chi connectivity index (χ1n) is 8.15. The summed E-state index contributed by atoms with van der Waals surface area (Å²) in [4.78, 5) is 17.1. The van der Waals surface area contributed by atoms with Gasteiger partial charge in [-0.3, -0.25) is 0 Å². The van der Waals surface area contributed by atoms with Crippen molar-refractivity contribution >= 4 is 25.1 Å². The average molecular weight is 376 g/mol. The zero-order valence-corrected chi connectivity index (χ0v) is 14.4. The van der Waals surface area contributed by atoms with E-state index in [0.29, 0.717) is 0 Å². The van der Waals surface area contributed by atoms with Crippen molar-refractivity contribution in [1.29, 1.82) is 0 Å². The predicted molar refractivity (Wildman–Crippen MR) is 86.3 cm³/mol. The Morgan fingerprint density at radius 3 is 2.54 bits per heavy atom. The van der Waals surface area contributed by atoms with E-state index in [1.165, 1.54) is 11.8 Å². The standard InChI is InChI=1S/C16H18BF5N2O2/c1-3-26-14(25)10-9(2)11(17)12(16(20,21)22)23-13(10)24-7-4-5-15(18,19)6-8-24/h3-8H2,1-2H3. The van der Waals surface area contributed by atoms with E-state index in [9.17, 15) is 26.7 Å². The van der Waals surface area contributed by atoms with E-state index >= 15 is 0 Å². The lowest BCUT2D eigenvalue weighted by Crippen LogP contribution is -2.34. The molecule has 10 heteroatoms. The average Bonchev–Trinajstić information content (AvgIpc) is 2.69. The van der Waals surface area contributed by atoms with E-state index in [-0.39, 0.29) is 49.5 Å². The number of hydrogen-bond acceptors (Lipinski definition) is 4. The minimum absolute atomic E-state index is 0.00326. The molecule has 1 fully saturated rings. The SMILES string of the molecule is [B]c1c(C(F)(F)F)nc(N2CCCC(F)(F)CC2)c(C(=O)OCC)c1C. The van der Waals surface area contributed by atoms with Gasteiger partial charge in [0.15, 0.2) is 0 Å². The summed E-state index contributed by atoms with van der Waals surface area (Å²) in [6.07, 6.45) is -5.70. The lowest BCUT2D eigenvalue weighted by atomic mass is 9.86. The van der Waals surface area contributed by atoms with Gasteiger partial charge in [-0.25, -0.2) is 18.6 Å². The molecule has 0 aromatic carbocycles. The van der Waals surface area contributed by atoms with Crippen molar-refractivity contribution in [2.75, 3.05) is 24.6 Å². The zero-order chi connectivity index (χ0) is 19.7. The van der Waals surface area contributed by atoms with Crippen molar-refractivity contribution in [3.05, 3.63) is 16.8 Å². The van der Waals surface area contributed by atoms with Gasteiger partial charge in [0, 0.05) is 25.9 Å². The van der Waals surface area contributed by atoms with Crippen LogP contribution in [-0.2, 0) is 10.9 Å². The molecule has 1 aliphatic rings. The molecule has 1 aromatic heterocycles. The molecule has 1 saturated heterocycles. The van der Waals surface area contributed by atoms with Gasteiger partial charge in [-0.2, -0.15) is 13.2 Å². The lowest BCUT2D eigenvalue weighted by molar-refractivity contribution is -0.140. The van der Waals surface area contributed by atoms with Crippen molar-refractivity contribution in [3.8, 4) is 0 Å². The largest absolute Gasteiger partial charge is 0.462 e. The summed E-state index contributed by atoms with van der Waals surface area (Å²) in [5, 5.41) is 0. The first kappa shape index (κ1) is 20.4. The third-order valence-electron chi connectivity index (χ3n) is 4.24. The van der Waals surface area contributed by atoms with Crippen molar-refractivity contribution in [2.45, 2.75) is 45.2 Å². The second kappa shape index (κ2) is 7.40. The maximum atomic E-state index is 13.6. The molecule has 26 heavy (non-hydrogen) atoms. The molecule has 2 rings (SSSR count). The van der Waals surface area contributed by atoms with Crippen LogP contribution in [0, 0.1) is 6.92 Å². The number of esters is 1. The number of aromatic nitrogens is 1. The van der Waals surface area contributed by atoms with Crippen LogP contribution in [-0.4, -0.2) is 44.4 Å². The number of carbonyl (C=O) groups excluding carboxylic acids is 1. The fraction of sp³-hybridized carbons (Fsp3) is 0.625. The Balaban J connectivity index is 2.60. The van der Waals surface area contributed by atoms with E-state index < -0.39 is 35.6 Å².